The number of fused-ring (bicyclic) bond motifs is 1. The Morgan fingerprint density at radius 3 is 3.27 bits per heavy atom. The molecule has 2 nitrogen and oxygen atoms in total. The molecule has 1 N–H and O–H groups in total. The maximum absolute atomic E-state index is 5.44. The van der Waals surface area contributed by atoms with Gasteiger partial charge in [0.15, 0.2) is 4.67 Å². The second-order valence-electron chi connectivity index (χ2n) is 2.77. The van der Waals surface area contributed by atoms with E-state index in [2.05, 4.69) is 21.2 Å². The van der Waals surface area contributed by atoms with E-state index in [-0.39, 0.29) is 0 Å². The molecular weight excluding hydrogens is 206 g/mol. The topological polar surface area (TPSA) is 25.2 Å². The highest BCUT2D eigenvalue weighted by Gasteiger charge is 2.11. The second kappa shape index (κ2) is 2.89. The molecule has 0 spiro atoms. The first-order chi connectivity index (χ1) is 5.36. The normalized spacial score (nSPS) is 16.8. The predicted octanol–water partition coefficient (Wildman–Crippen LogP) is 2.79. The number of halogens is 1. The van der Waals surface area contributed by atoms with E-state index in [4.69, 9.17) is 4.42 Å². The van der Waals surface area contributed by atoms with Crippen LogP contribution >= 0.6 is 15.9 Å². The van der Waals surface area contributed by atoms with Crippen molar-refractivity contribution in [2.45, 2.75) is 19.3 Å². The molecular formula is C8H10BrNO. The number of aryl methyl sites for hydroxylation is 1. The molecule has 0 fully saturated rings. The fourth-order valence-corrected chi connectivity index (χ4v) is 1.79. The second-order valence-corrected chi connectivity index (χ2v) is 3.55. The fraction of sp³-hybridized carbons (Fsp3) is 0.500. The number of rotatable bonds is 0. The Labute approximate surface area is 74.1 Å². The molecule has 2 heterocycles. The molecule has 0 radical (unpaired) electrons. The third-order valence-electron chi connectivity index (χ3n) is 1.92. The van der Waals surface area contributed by atoms with Crippen molar-refractivity contribution in [3.8, 4) is 0 Å². The van der Waals surface area contributed by atoms with Crippen LogP contribution < -0.4 is 5.32 Å². The van der Waals surface area contributed by atoms with Crippen LogP contribution in [0.25, 0.3) is 0 Å². The van der Waals surface area contributed by atoms with Crippen LogP contribution in [0.3, 0.4) is 0 Å². The van der Waals surface area contributed by atoms with Crippen molar-refractivity contribution >= 4 is 21.6 Å². The summed E-state index contributed by atoms with van der Waals surface area (Å²) in [6.07, 6.45) is 3.52. The van der Waals surface area contributed by atoms with Crippen LogP contribution in [0.4, 0.5) is 5.69 Å². The fourth-order valence-electron chi connectivity index (χ4n) is 1.37. The van der Waals surface area contributed by atoms with E-state index in [9.17, 15) is 0 Å². The summed E-state index contributed by atoms with van der Waals surface area (Å²) >= 11 is 3.31. The monoisotopic (exact) mass is 215 g/mol. The van der Waals surface area contributed by atoms with Crippen molar-refractivity contribution in [3.63, 3.8) is 0 Å². The van der Waals surface area contributed by atoms with Crippen LogP contribution in [0, 0.1) is 0 Å². The Bertz CT molecular complexity index is 233. The van der Waals surface area contributed by atoms with Gasteiger partial charge in [-0.3, -0.25) is 0 Å². The lowest BCUT2D eigenvalue weighted by Gasteiger charge is -1.96. The van der Waals surface area contributed by atoms with Crippen molar-refractivity contribution in [1.29, 1.82) is 0 Å². The lowest BCUT2D eigenvalue weighted by atomic mass is 10.2. The summed E-state index contributed by atoms with van der Waals surface area (Å²) in [6.45, 7) is 1.07. The minimum atomic E-state index is 0.830. The Morgan fingerprint density at radius 2 is 2.36 bits per heavy atom. The molecule has 1 aromatic rings. The highest BCUT2D eigenvalue weighted by Crippen LogP contribution is 2.28. The van der Waals surface area contributed by atoms with Crippen LogP contribution in [0.2, 0.25) is 0 Å². The van der Waals surface area contributed by atoms with E-state index in [1.54, 1.807) is 0 Å². The van der Waals surface area contributed by atoms with Crippen LogP contribution in [0.1, 0.15) is 18.6 Å². The third-order valence-corrected chi connectivity index (χ3v) is 2.32. The molecule has 1 aromatic heterocycles. The Hall–Kier alpha value is -0.440. The van der Waals surface area contributed by atoms with E-state index >= 15 is 0 Å². The van der Waals surface area contributed by atoms with Crippen molar-refractivity contribution in [2.75, 3.05) is 11.9 Å². The van der Waals surface area contributed by atoms with Crippen LogP contribution in [-0.2, 0) is 6.42 Å². The van der Waals surface area contributed by atoms with Gasteiger partial charge in [-0.1, -0.05) is 0 Å². The molecule has 0 atom stereocenters. The zero-order valence-corrected chi connectivity index (χ0v) is 7.78. The summed E-state index contributed by atoms with van der Waals surface area (Å²) in [5.41, 5.74) is 1.16. The van der Waals surface area contributed by atoms with E-state index in [0.29, 0.717) is 0 Å². The molecule has 0 bridgehead atoms. The molecule has 1 aliphatic rings. The number of nitrogens with one attached hydrogen (secondary N) is 1. The van der Waals surface area contributed by atoms with Gasteiger partial charge >= 0.3 is 0 Å². The molecule has 11 heavy (non-hydrogen) atoms. The Balaban J connectivity index is 2.32. The average molecular weight is 216 g/mol. The molecule has 0 amide bonds. The molecule has 0 saturated heterocycles. The SMILES string of the molecule is Brc1cc2c(o1)CCCCN2. The third kappa shape index (κ3) is 1.43. The Morgan fingerprint density at radius 1 is 1.45 bits per heavy atom. The first kappa shape index (κ1) is 7.22. The highest BCUT2D eigenvalue weighted by molar-refractivity contribution is 9.10. The minimum absolute atomic E-state index is 0.830. The van der Waals surface area contributed by atoms with Gasteiger partial charge in [0.2, 0.25) is 0 Å². The molecule has 3 heteroatoms. The highest BCUT2D eigenvalue weighted by atomic mass is 79.9. The number of anilines is 1. The molecule has 2 rings (SSSR count). The van der Waals surface area contributed by atoms with Crippen LogP contribution in [-0.4, -0.2) is 6.54 Å². The number of hydrogen-bond acceptors (Lipinski definition) is 2. The molecule has 60 valence electrons. The maximum atomic E-state index is 5.44. The van der Waals surface area contributed by atoms with Gasteiger partial charge in [0.25, 0.3) is 0 Å². The zero-order chi connectivity index (χ0) is 7.68. The molecule has 1 aliphatic heterocycles. The Kier molecular flexibility index (Phi) is 1.90. The first-order valence-corrected chi connectivity index (χ1v) is 4.67. The van der Waals surface area contributed by atoms with Gasteiger partial charge in [-0.15, -0.1) is 0 Å². The van der Waals surface area contributed by atoms with Crippen molar-refractivity contribution in [2.24, 2.45) is 0 Å². The van der Waals surface area contributed by atoms with E-state index in [1.165, 1.54) is 12.8 Å². The van der Waals surface area contributed by atoms with E-state index in [1.807, 2.05) is 6.07 Å². The molecule has 0 unspecified atom stereocenters. The molecule has 0 saturated carbocycles. The number of hydrogen-bond donors (Lipinski definition) is 1. The summed E-state index contributed by atoms with van der Waals surface area (Å²) in [5.74, 6) is 1.09. The summed E-state index contributed by atoms with van der Waals surface area (Å²) in [5, 5.41) is 3.32. The summed E-state index contributed by atoms with van der Waals surface area (Å²) in [6, 6.07) is 2.00. The van der Waals surface area contributed by atoms with Gasteiger partial charge in [-0.2, -0.15) is 0 Å². The summed E-state index contributed by atoms with van der Waals surface area (Å²) in [4.78, 5) is 0. The first-order valence-electron chi connectivity index (χ1n) is 3.88. The lowest BCUT2D eigenvalue weighted by Crippen LogP contribution is -1.97. The van der Waals surface area contributed by atoms with Crippen molar-refractivity contribution in [1.82, 2.24) is 0 Å². The average Bonchev–Trinajstić information content (AvgIpc) is 2.17. The van der Waals surface area contributed by atoms with Gasteiger partial charge in [-0.05, 0) is 28.8 Å². The largest absolute Gasteiger partial charge is 0.452 e. The van der Waals surface area contributed by atoms with Gasteiger partial charge < -0.3 is 9.73 Å². The summed E-state index contributed by atoms with van der Waals surface area (Å²) < 4.78 is 6.27. The van der Waals surface area contributed by atoms with Gasteiger partial charge in [0.1, 0.15) is 5.76 Å². The molecule has 0 aromatic carbocycles. The standard InChI is InChI=1S/C8H10BrNO/c9-8-5-6-7(11-8)3-1-2-4-10-6/h5,10H,1-4H2. The number of furan rings is 1. The van der Waals surface area contributed by atoms with Gasteiger partial charge in [0.05, 0.1) is 5.69 Å². The lowest BCUT2D eigenvalue weighted by molar-refractivity contribution is 0.484. The van der Waals surface area contributed by atoms with Crippen molar-refractivity contribution in [3.05, 3.63) is 16.5 Å². The maximum Gasteiger partial charge on any atom is 0.171 e. The summed E-state index contributed by atoms with van der Waals surface area (Å²) in [7, 11) is 0. The van der Waals surface area contributed by atoms with Gasteiger partial charge in [-0.25, -0.2) is 0 Å². The van der Waals surface area contributed by atoms with Gasteiger partial charge in [0, 0.05) is 19.0 Å². The van der Waals surface area contributed by atoms with Crippen molar-refractivity contribution < 1.29 is 4.42 Å². The zero-order valence-electron chi connectivity index (χ0n) is 6.19. The quantitative estimate of drug-likeness (QED) is 0.721. The minimum Gasteiger partial charge on any atom is -0.452 e. The molecule has 0 aliphatic carbocycles. The van der Waals surface area contributed by atoms with Crippen LogP contribution in [0.5, 0.6) is 0 Å². The van der Waals surface area contributed by atoms with E-state index < -0.39 is 0 Å². The van der Waals surface area contributed by atoms with Crippen LogP contribution in [0.15, 0.2) is 15.2 Å². The smallest absolute Gasteiger partial charge is 0.171 e. The predicted molar refractivity (Wildman–Crippen MR) is 47.8 cm³/mol. The van der Waals surface area contributed by atoms with E-state index in [0.717, 1.165) is 29.1 Å².